The lowest BCUT2D eigenvalue weighted by molar-refractivity contribution is -0.117. The molecule has 1 aromatic carbocycles. The normalized spacial score (nSPS) is 12.2. The molecular weight excluding hydrogens is 242 g/mol. The van der Waals surface area contributed by atoms with E-state index in [1.54, 1.807) is 0 Å². The minimum absolute atomic E-state index is 0.0101. The third-order valence-electron chi connectivity index (χ3n) is 2.35. The van der Waals surface area contributed by atoms with Crippen molar-refractivity contribution in [2.24, 2.45) is 5.92 Å². The Morgan fingerprint density at radius 3 is 2.72 bits per heavy atom. The quantitative estimate of drug-likeness (QED) is 0.795. The Morgan fingerprint density at radius 2 is 2.11 bits per heavy atom. The zero-order chi connectivity index (χ0) is 13.7. The van der Waals surface area contributed by atoms with Crippen LogP contribution in [-0.2, 0) is 9.53 Å². The van der Waals surface area contributed by atoms with Crippen LogP contribution >= 0.6 is 0 Å². The van der Waals surface area contributed by atoms with Crippen LogP contribution in [0.2, 0.25) is 0 Å². The van der Waals surface area contributed by atoms with E-state index in [1.165, 1.54) is 7.11 Å². The number of hydrogen-bond acceptors (Lipinski definition) is 3. The third-order valence-corrected chi connectivity index (χ3v) is 2.35. The van der Waals surface area contributed by atoms with Crippen molar-refractivity contribution in [3.05, 3.63) is 23.8 Å². The van der Waals surface area contributed by atoms with Crippen molar-refractivity contribution in [2.75, 3.05) is 24.8 Å². The number of benzene rings is 1. The van der Waals surface area contributed by atoms with Crippen molar-refractivity contribution < 1.29 is 18.3 Å². The molecule has 0 saturated heterocycles. The number of nitrogen functional groups attached to an aromatic ring is 1. The van der Waals surface area contributed by atoms with E-state index in [0.29, 0.717) is 12.7 Å². The van der Waals surface area contributed by atoms with Gasteiger partial charge in [-0.2, -0.15) is 0 Å². The summed E-state index contributed by atoms with van der Waals surface area (Å²) in [6.45, 7) is 2.26. The van der Waals surface area contributed by atoms with E-state index >= 15 is 0 Å². The lowest BCUT2D eigenvalue weighted by Gasteiger charge is -2.11. The fourth-order valence-corrected chi connectivity index (χ4v) is 1.52. The average molecular weight is 258 g/mol. The number of ether oxygens (including phenoxy) is 1. The van der Waals surface area contributed by atoms with Crippen molar-refractivity contribution >= 4 is 17.3 Å². The topological polar surface area (TPSA) is 64.3 Å². The van der Waals surface area contributed by atoms with Gasteiger partial charge in [0.05, 0.1) is 11.4 Å². The molecule has 0 radical (unpaired) electrons. The maximum atomic E-state index is 13.3. The number of halogens is 2. The average Bonchev–Trinajstić information content (AvgIpc) is 2.26. The summed E-state index contributed by atoms with van der Waals surface area (Å²) in [5, 5.41) is 2.35. The van der Waals surface area contributed by atoms with Gasteiger partial charge in [-0.25, -0.2) is 8.78 Å². The van der Waals surface area contributed by atoms with Gasteiger partial charge in [-0.15, -0.1) is 0 Å². The molecule has 0 aliphatic heterocycles. The second kappa shape index (κ2) is 6.30. The Bertz CT molecular complexity index is 438. The van der Waals surface area contributed by atoms with Crippen LogP contribution in [0.4, 0.5) is 20.2 Å². The monoisotopic (exact) mass is 258 g/mol. The Labute approximate surface area is 104 Å². The number of anilines is 2. The SMILES string of the molecule is COCC(C)CC(=O)Nc1cc(N)c(F)cc1F. The number of carbonyl (C=O) groups is 1. The molecule has 0 bridgehead atoms. The largest absolute Gasteiger partial charge is 0.396 e. The number of nitrogens with two attached hydrogens (primary N) is 1. The summed E-state index contributed by atoms with van der Waals surface area (Å²) >= 11 is 0. The summed E-state index contributed by atoms with van der Waals surface area (Å²) < 4.78 is 31.1. The Morgan fingerprint density at radius 1 is 1.44 bits per heavy atom. The maximum absolute atomic E-state index is 13.3. The summed E-state index contributed by atoms with van der Waals surface area (Å²) in [5.41, 5.74) is 4.97. The summed E-state index contributed by atoms with van der Waals surface area (Å²) in [6.07, 6.45) is 0.185. The van der Waals surface area contributed by atoms with Gasteiger partial charge in [0.15, 0.2) is 0 Å². The molecule has 18 heavy (non-hydrogen) atoms. The summed E-state index contributed by atoms with van der Waals surface area (Å²) in [5.74, 6) is -2.06. The second-order valence-electron chi connectivity index (χ2n) is 4.17. The van der Waals surface area contributed by atoms with Crippen molar-refractivity contribution in [1.82, 2.24) is 0 Å². The van der Waals surface area contributed by atoms with Crippen LogP contribution in [0.3, 0.4) is 0 Å². The molecule has 0 spiro atoms. The predicted molar refractivity (Wildman–Crippen MR) is 65.1 cm³/mol. The fraction of sp³-hybridized carbons (Fsp3) is 0.417. The number of carbonyl (C=O) groups excluding carboxylic acids is 1. The smallest absolute Gasteiger partial charge is 0.224 e. The van der Waals surface area contributed by atoms with Crippen LogP contribution in [0.25, 0.3) is 0 Å². The minimum Gasteiger partial charge on any atom is -0.396 e. The maximum Gasteiger partial charge on any atom is 0.224 e. The van der Waals surface area contributed by atoms with Crippen LogP contribution in [0, 0.1) is 17.6 Å². The molecule has 1 atom stereocenters. The Balaban J connectivity index is 2.67. The van der Waals surface area contributed by atoms with Gasteiger partial charge in [-0.3, -0.25) is 4.79 Å². The molecule has 0 saturated carbocycles. The van der Waals surface area contributed by atoms with E-state index in [-0.39, 0.29) is 29.6 Å². The van der Waals surface area contributed by atoms with Crippen LogP contribution in [-0.4, -0.2) is 19.6 Å². The van der Waals surface area contributed by atoms with E-state index in [1.807, 2.05) is 6.92 Å². The first-order chi connectivity index (χ1) is 8.43. The highest BCUT2D eigenvalue weighted by Gasteiger charge is 2.13. The van der Waals surface area contributed by atoms with Crippen molar-refractivity contribution in [3.63, 3.8) is 0 Å². The molecule has 1 aromatic rings. The van der Waals surface area contributed by atoms with Crippen LogP contribution in [0.15, 0.2) is 12.1 Å². The van der Waals surface area contributed by atoms with E-state index in [9.17, 15) is 13.6 Å². The van der Waals surface area contributed by atoms with Gasteiger partial charge in [0.25, 0.3) is 0 Å². The summed E-state index contributed by atoms with van der Waals surface area (Å²) in [4.78, 5) is 11.6. The van der Waals surface area contributed by atoms with Gasteiger partial charge in [0.1, 0.15) is 11.6 Å². The molecule has 100 valence electrons. The van der Waals surface area contributed by atoms with E-state index in [2.05, 4.69) is 5.32 Å². The Kier molecular flexibility index (Phi) is 5.03. The van der Waals surface area contributed by atoms with Gasteiger partial charge in [-0.1, -0.05) is 6.92 Å². The highest BCUT2D eigenvalue weighted by atomic mass is 19.1. The number of rotatable bonds is 5. The Hall–Kier alpha value is -1.69. The van der Waals surface area contributed by atoms with Crippen LogP contribution < -0.4 is 11.1 Å². The molecule has 0 aromatic heterocycles. The van der Waals surface area contributed by atoms with E-state index in [4.69, 9.17) is 10.5 Å². The molecule has 0 fully saturated rings. The first kappa shape index (κ1) is 14.4. The van der Waals surface area contributed by atoms with Gasteiger partial charge >= 0.3 is 0 Å². The van der Waals surface area contributed by atoms with Gasteiger partial charge < -0.3 is 15.8 Å². The number of nitrogens with one attached hydrogen (secondary N) is 1. The van der Waals surface area contributed by atoms with E-state index < -0.39 is 11.6 Å². The third kappa shape index (κ3) is 3.96. The molecule has 6 heteroatoms. The van der Waals surface area contributed by atoms with Crippen LogP contribution in [0.5, 0.6) is 0 Å². The zero-order valence-corrected chi connectivity index (χ0v) is 10.3. The highest BCUT2D eigenvalue weighted by molar-refractivity contribution is 5.91. The fourth-order valence-electron chi connectivity index (χ4n) is 1.52. The highest BCUT2D eigenvalue weighted by Crippen LogP contribution is 2.21. The predicted octanol–water partition coefficient (Wildman–Crippen LogP) is 2.16. The zero-order valence-electron chi connectivity index (χ0n) is 10.3. The number of amides is 1. The molecular formula is C12H16F2N2O2. The van der Waals surface area contributed by atoms with Crippen molar-refractivity contribution in [3.8, 4) is 0 Å². The molecule has 3 N–H and O–H groups in total. The lowest BCUT2D eigenvalue weighted by Crippen LogP contribution is -2.18. The first-order valence-electron chi connectivity index (χ1n) is 5.47. The van der Waals surface area contributed by atoms with Gasteiger partial charge in [0, 0.05) is 26.2 Å². The first-order valence-corrected chi connectivity index (χ1v) is 5.47. The van der Waals surface area contributed by atoms with Crippen molar-refractivity contribution in [2.45, 2.75) is 13.3 Å². The molecule has 1 unspecified atom stereocenters. The van der Waals surface area contributed by atoms with Crippen molar-refractivity contribution in [1.29, 1.82) is 0 Å². The van der Waals surface area contributed by atoms with Crippen LogP contribution in [0.1, 0.15) is 13.3 Å². The molecule has 1 amide bonds. The molecule has 1 rings (SSSR count). The molecule has 0 aliphatic rings. The second-order valence-corrected chi connectivity index (χ2v) is 4.17. The van der Waals surface area contributed by atoms with Gasteiger partial charge in [-0.05, 0) is 12.0 Å². The summed E-state index contributed by atoms with van der Waals surface area (Å²) in [6, 6.07) is 1.70. The minimum atomic E-state index is -0.852. The standard InChI is InChI=1S/C12H16F2N2O2/c1-7(6-18-2)3-12(17)16-11-5-10(15)8(13)4-9(11)14/h4-5,7H,3,6,15H2,1-2H3,(H,16,17). The number of methoxy groups -OCH3 is 1. The summed E-state index contributed by atoms with van der Waals surface area (Å²) in [7, 11) is 1.54. The molecule has 0 heterocycles. The number of hydrogen-bond donors (Lipinski definition) is 2. The lowest BCUT2D eigenvalue weighted by atomic mass is 10.1. The molecule has 4 nitrogen and oxygen atoms in total. The van der Waals surface area contributed by atoms with Gasteiger partial charge in [0.2, 0.25) is 5.91 Å². The van der Waals surface area contributed by atoms with E-state index in [0.717, 1.165) is 6.07 Å². The molecule has 0 aliphatic carbocycles.